The zero-order valence-corrected chi connectivity index (χ0v) is 7.56. The summed E-state index contributed by atoms with van der Waals surface area (Å²) in [5.74, 6) is 1.56. The molecule has 0 aromatic carbocycles. The molecule has 0 radical (unpaired) electrons. The van der Waals surface area contributed by atoms with Crippen LogP contribution in [0.25, 0.3) is 0 Å². The lowest BCUT2D eigenvalue weighted by molar-refractivity contribution is 0.391. The smallest absolute Gasteiger partial charge is 0.0211 e. The van der Waals surface area contributed by atoms with Crippen molar-refractivity contribution in [3.05, 3.63) is 12.7 Å². The van der Waals surface area contributed by atoms with Crippen molar-refractivity contribution in [2.75, 3.05) is 0 Å². The number of allylic oxidation sites excluding steroid dienone is 1. The lowest BCUT2D eigenvalue weighted by Gasteiger charge is -2.17. The molecule has 0 bridgehead atoms. The molecule has 2 atom stereocenters. The van der Waals surface area contributed by atoms with E-state index in [0.29, 0.717) is 0 Å². The molecular weight excluding hydrogens is 120 g/mol. The molecule has 0 amide bonds. The summed E-state index contributed by atoms with van der Waals surface area (Å²) < 4.78 is 0. The fraction of sp³-hybridized carbons (Fsp3) is 0.800. The number of rotatable bonds is 5. The van der Waals surface area contributed by atoms with Gasteiger partial charge in [0.15, 0.2) is 0 Å². The van der Waals surface area contributed by atoms with Gasteiger partial charge in [-0.15, -0.1) is 6.58 Å². The third kappa shape index (κ3) is 3.05. The normalized spacial score (nSPS) is 16.3. The maximum Gasteiger partial charge on any atom is -0.0211 e. The van der Waals surface area contributed by atoms with Crippen LogP contribution in [0.15, 0.2) is 12.7 Å². The minimum atomic E-state index is 0.745. The molecule has 0 aliphatic heterocycles. The van der Waals surface area contributed by atoms with Crippen molar-refractivity contribution in [3.63, 3.8) is 0 Å². The van der Waals surface area contributed by atoms with E-state index in [1.165, 1.54) is 19.3 Å². The van der Waals surface area contributed by atoms with Gasteiger partial charge < -0.3 is 0 Å². The first-order valence-electron chi connectivity index (χ1n) is 4.38. The van der Waals surface area contributed by atoms with Gasteiger partial charge in [0, 0.05) is 0 Å². The van der Waals surface area contributed by atoms with E-state index in [4.69, 9.17) is 0 Å². The van der Waals surface area contributed by atoms with Gasteiger partial charge in [0.1, 0.15) is 0 Å². The van der Waals surface area contributed by atoms with Crippen LogP contribution in [0.1, 0.15) is 40.0 Å². The second kappa shape index (κ2) is 5.52. The molecule has 0 aliphatic carbocycles. The maximum absolute atomic E-state index is 3.85. The lowest BCUT2D eigenvalue weighted by Crippen LogP contribution is -2.07. The zero-order valence-electron chi connectivity index (χ0n) is 7.56. The average Bonchev–Trinajstić information content (AvgIpc) is 1.99. The van der Waals surface area contributed by atoms with E-state index in [1.807, 2.05) is 0 Å². The van der Waals surface area contributed by atoms with E-state index in [9.17, 15) is 0 Å². The SMILES string of the molecule is C=CC(CCC)C(C)CC. The Labute approximate surface area is 65.3 Å². The molecule has 0 spiro atoms. The van der Waals surface area contributed by atoms with Crippen molar-refractivity contribution in [2.24, 2.45) is 11.8 Å². The van der Waals surface area contributed by atoms with E-state index in [2.05, 4.69) is 33.4 Å². The first kappa shape index (κ1) is 9.74. The molecule has 2 unspecified atom stereocenters. The first-order valence-corrected chi connectivity index (χ1v) is 4.38. The third-order valence-corrected chi connectivity index (χ3v) is 2.30. The second-order valence-electron chi connectivity index (χ2n) is 3.07. The summed E-state index contributed by atoms with van der Waals surface area (Å²) in [5.41, 5.74) is 0. The molecule has 0 aromatic heterocycles. The van der Waals surface area contributed by atoms with Crippen LogP contribution in [0.3, 0.4) is 0 Å². The Morgan fingerprint density at radius 2 is 2.00 bits per heavy atom. The van der Waals surface area contributed by atoms with Crippen LogP contribution in [-0.2, 0) is 0 Å². The summed E-state index contributed by atoms with van der Waals surface area (Å²) in [6.45, 7) is 10.6. The second-order valence-corrected chi connectivity index (χ2v) is 3.07. The largest absolute Gasteiger partial charge is 0.103 e. The Balaban J connectivity index is 3.67. The Bertz CT molecular complexity index is 84.0. The minimum Gasteiger partial charge on any atom is -0.103 e. The molecule has 10 heavy (non-hydrogen) atoms. The van der Waals surface area contributed by atoms with Crippen LogP contribution in [0.4, 0.5) is 0 Å². The summed E-state index contributed by atoms with van der Waals surface area (Å²) in [5, 5.41) is 0. The van der Waals surface area contributed by atoms with Gasteiger partial charge in [-0.05, 0) is 18.3 Å². The van der Waals surface area contributed by atoms with Gasteiger partial charge in [0.2, 0.25) is 0 Å². The standard InChI is InChI=1S/C10H20/c1-5-8-10(7-3)9(4)6-2/h7,9-10H,3,5-6,8H2,1-2,4H3. The van der Waals surface area contributed by atoms with Crippen molar-refractivity contribution in [3.8, 4) is 0 Å². The predicted molar refractivity (Wildman–Crippen MR) is 48.1 cm³/mol. The lowest BCUT2D eigenvalue weighted by atomic mass is 9.88. The van der Waals surface area contributed by atoms with E-state index in [0.717, 1.165) is 11.8 Å². The fourth-order valence-electron chi connectivity index (χ4n) is 1.27. The Morgan fingerprint density at radius 3 is 2.30 bits per heavy atom. The molecule has 0 fully saturated rings. The van der Waals surface area contributed by atoms with Gasteiger partial charge in [-0.25, -0.2) is 0 Å². The Morgan fingerprint density at radius 1 is 1.40 bits per heavy atom. The summed E-state index contributed by atoms with van der Waals surface area (Å²) in [6.07, 6.45) is 5.97. The molecule has 60 valence electrons. The fourth-order valence-corrected chi connectivity index (χ4v) is 1.27. The number of hydrogen-bond donors (Lipinski definition) is 0. The molecular formula is C10H20. The summed E-state index contributed by atoms with van der Waals surface area (Å²) >= 11 is 0. The third-order valence-electron chi connectivity index (χ3n) is 2.30. The van der Waals surface area contributed by atoms with Crippen molar-refractivity contribution in [2.45, 2.75) is 40.0 Å². The van der Waals surface area contributed by atoms with Crippen LogP contribution in [0.2, 0.25) is 0 Å². The topological polar surface area (TPSA) is 0 Å². The maximum atomic E-state index is 3.85. The first-order chi connectivity index (χ1) is 4.76. The summed E-state index contributed by atoms with van der Waals surface area (Å²) in [7, 11) is 0. The van der Waals surface area contributed by atoms with Crippen molar-refractivity contribution >= 4 is 0 Å². The molecule has 0 heteroatoms. The molecule has 0 rings (SSSR count). The van der Waals surface area contributed by atoms with Gasteiger partial charge >= 0.3 is 0 Å². The van der Waals surface area contributed by atoms with E-state index >= 15 is 0 Å². The van der Waals surface area contributed by atoms with Crippen LogP contribution in [0, 0.1) is 11.8 Å². The molecule has 0 N–H and O–H groups in total. The Hall–Kier alpha value is -0.260. The van der Waals surface area contributed by atoms with Crippen molar-refractivity contribution in [1.82, 2.24) is 0 Å². The van der Waals surface area contributed by atoms with E-state index in [-0.39, 0.29) is 0 Å². The summed E-state index contributed by atoms with van der Waals surface area (Å²) in [4.78, 5) is 0. The van der Waals surface area contributed by atoms with E-state index < -0.39 is 0 Å². The quantitative estimate of drug-likeness (QED) is 0.511. The molecule has 0 aromatic rings. The van der Waals surface area contributed by atoms with E-state index in [1.54, 1.807) is 0 Å². The van der Waals surface area contributed by atoms with Gasteiger partial charge in [-0.3, -0.25) is 0 Å². The van der Waals surface area contributed by atoms with Crippen molar-refractivity contribution in [1.29, 1.82) is 0 Å². The average molecular weight is 140 g/mol. The molecule has 0 saturated carbocycles. The monoisotopic (exact) mass is 140 g/mol. The molecule has 0 aliphatic rings. The van der Waals surface area contributed by atoms with Gasteiger partial charge in [-0.2, -0.15) is 0 Å². The van der Waals surface area contributed by atoms with Crippen LogP contribution >= 0.6 is 0 Å². The Kier molecular flexibility index (Phi) is 5.38. The molecule has 0 heterocycles. The number of hydrogen-bond acceptors (Lipinski definition) is 0. The highest BCUT2D eigenvalue weighted by molar-refractivity contribution is 4.81. The van der Waals surface area contributed by atoms with Gasteiger partial charge in [0.05, 0.1) is 0 Å². The highest BCUT2D eigenvalue weighted by Crippen LogP contribution is 2.20. The summed E-state index contributed by atoms with van der Waals surface area (Å²) in [6, 6.07) is 0. The van der Waals surface area contributed by atoms with Gasteiger partial charge in [-0.1, -0.05) is 39.7 Å². The van der Waals surface area contributed by atoms with Crippen LogP contribution < -0.4 is 0 Å². The highest BCUT2D eigenvalue weighted by Gasteiger charge is 2.09. The molecule has 0 nitrogen and oxygen atoms in total. The zero-order chi connectivity index (χ0) is 7.98. The minimum absolute atomic E-state index is 0.745. The predicted octanol–water partition coefficient (Wildman–Crippen LogP) is 3.63. The van der Waals surface area contributed by atoms with Crippen LogP contribution in [-0.4, -0.2) is 0 Å². The highest BCUT2D eigenvalue weighted by atomic mass is 14.1. The molecule has 0 saturated heterocycles. The van der Waals surface area contributed by atoms with Gasteiger partial charge in [0.25, 0.3) is 0 Å². The van der Waals surface area contributed by atoms with Crippen LogP contribution in [0.5, 0.6) is 0 Å². The van der Waals surface area contributed by atoms with Crippen molar-refractivity contribution < 1.29 is 0 Å².